The Balaban J connectivity index is 0.000000445. The first-order valence-corrected chi connectivity index (χ1v) is 7.73. The van der Waals surface area contributed by atoms with Gasteiger partial charge >= 0.3 is 12.3 Å². The lowest BCUT2D eigenvalue weighted by molar-refractivity contribution is -0.274. The van der Waals surface area contributed by atoms with Crippen LogP contribution in [0.2, 0.25) is 0 Å². The van der Waals surface area contributed by atoms with Gasteiger partial charge in [0.05, 0.1) is 11.6 Å². The first kappa shape index (κ1) is 21.9. The van der Waals surface area contributed by atoms with Crippen molar-refractivity contribution >= 4 is 18.6 Å². The van der Waals surface area contributed by atoms with Crippen LogP contribution >= 0.6 is 12.6 Å². The number of nitriles is 1. The van der Waals surface area contributed by atoms with Gasteiger partial charge in [-0.2, -0.15) is 5.26 Å². The maximum atomic E-state index is 12.1. The van der Waals surface area contributed by atoms with Gasteiger partial charge in [-0.1, -0.05) is 24.3 Å². The molecule has 0 unspecified atom stereocenters. The average Bonchev–Trinajstić information content (AvgIpc) is 2.60. The first-order valence-electron chi connectivity index (χ1n) is 7.28. The number of carboxylic acid groups (broad SMARTS) is 1. The Kier molecular flexibility index (Phi) is 7.75. The maximum absolute atomic E-state index is 12.1. The Hall–Kier alpha value is -3.12. The van der Waals surface area contributed by atoms with E-state index in [4.69, 9.17) is 16.1 Å². The summed E-state index contributed by atoms with van der Waals surface area (Å²) in [4.78, 5) is 9.57. The van der Waals surface area contributed by atoms with Crippen molar-refractivity contribution in [1.82, 2.24) is 0 Å². The van der Waals surface area contributed by atoms with Gasteiger partial charge in [0.2, 0.25) is 0 Å². The third-order valence-corrected chi connectivity index (χ3v) is 3.41. The number of alkyl halides is 3. The van der Waals surface area contributed by atoms with Crippen LogP contribution in [-0.4, -0.2) is 17.4 Å². The molecule has 142 valence electrons. The van der Waals surface area contributed by atoms with Gasteiger partial charge in [-0.05, 0) is 41.8 Å². The predicted octanol–water partition coefficient (Wildman–Crippen LogP) is 4.23. The van der Waals surface area contributed by atoms with Crippen molar-refractivity contribution in [2.24, 2.45) is 5.73 Å². The number of aryl methyl sites for hydroxylation is 1. The van der Waals surface area contributed by atoms with Crippen molar-refractivity contribution in [2.45, 2.75) is 13.3 Å². The quantitative estimate of drug-likeness (QED) is 0.533. The summed E-state index contributed by atoms with van der Waals surface area (Å²) in [5, 5.41) is 17.0. The van der Waals surface area contributed by atoms with Crippen molar-refractivity contribution in [1.29, 1.82) is 5.26 Å². The Labute approximate surface area is 158 Å². The fourth-order valence-corrected chi connectivity index (χ4v) is 1.91. The number of aliphatic carboxylic acids is 1. The highest BCUT2D eigenvalue weighted by molar-refractivity contribution is 7.85. The molecule has 2 aromatic carbocycles. The van der Waals surface area contributed by atoms with E-state index in [9.17, 15) is 18.0 Å². The zero-order valence-electron chi connectivity index (χ0n) is 14.0. The van der Waals surface area contributed by atoms with Crippen molar-refractivity contribution in [2.75, 3.05) is 0 Å². The number of hydrogen-bond donors (Lipinski definition) is 3. The Morgan fingerprint density at radius 2 is 1.85 bits per heavy atom. The maximum Gasteiger partial charge on any atom is 0.573 e. The minimum absolute atomic E-state index is 0.139. The van der Waals surface area contributed by atoms with Crippen LogP contribution in [0.25, 0.3) is 11.1 Å². The molecule has 0 spiro atoms. The van der Waals surface area contributed by atoms with Crippen LogP contribution in [-0.2, 0) is 4.79 Å². The minimum Gasteiger partial charge on any atom is -0.477 e. The van der Waals surface area contributed by atoms with E-state index in [1.807, 2.05) is 13.0 Å². The molecule has 9 heteroatoms. The molecule has 0 saturated carbocycles. The Morgan fingerprint density at radius 3 is 2.26 bits per heavy atom. The first-order chi connectivity index (χ1) is 12.6. The Morgan fingerprint density at radius 1 is 1.26 bits per heavy atom. The molecule has 2 aromatic rings. The topological polar surface area (TPSA) is 96.3 Å². The number of nitrogens with two attached hydrogens (primary N) is 1. The second-order valence-electron chi connectivity index (χ2n) is 5.09. The largest absolute Gasteiger partial charge is 0.573 e. The smallest absolute Gasteiger partial charge is 0.477 e. The normalized spacial score (nSPS) is 11.0. The van der Waals surface area contributed by atoms with Crippen molar-refractivity contribution in [3.05, 3.63) is 64.7 Å². The minimum atomic E-state index is -4.71. The van der Waals surface area contributed by atoms with E-state index in [0.29, 0.717) is 16.7 Å². The van der Waals surface area contributed by atoms with Gasteiger partial charge in [0.1, 0.15) is 10.7 Å². The van der Waals surface area contributed by atoms with E-state index in [-0.39, 0.29) is 10.7 Å². The molecule has 0 heterocycles. The monoisotopic (exact) mass is 396 g/mol. The van der Waals surface area contributed by atoms with Crippen LogP contribution in [0, 0.1) is 18.3 Å². The highest BCUT2D eigenvalue weighted by Crippen LogP contribution is 2.28. The zero-order valence-corrected chi connectivity index (χ0v) is 14.9. The molecule has 0 radical (unpaired) electrons. The summed E-state index contributed by atoms with van der Waals surface area (Å²) in [5.74, 6) is -1.39. The van der Waals surface area contributed by atoms with Crippen molar-refractivity contribution in [3.8, 4) is 22.9 Å². The van der Waals surface area contributed by atoms with E-state index < -0.39 is 12.3 Å². The van der Waals surface area contributed by atoms with Gasteiger partial charge in [-0.15, -0.1) is 25.8 Å². The zero-order chi connectivity index (χ0) is 20.6. The molecule has 5 nitrogen and oxygen atoms in total. The number of halogens is 3. The lowest BCUT2D eigenvalue weighted by atomic mass is 9.98. The molecule has 2 rings (SSSR count). The molecule has 0 aliphatic rings. The summed E-state index contributed by atoms with van der Waals surface area (Å²) in [6, 6.07) is 12.9. The molecule has 27 heavy (non-hydrogen) atoms. The summed E-state index contributed by atoms with van der Waals surface area (Å²) >= 11 is 3.46. The van der Waals surface area contributed by atoms with Gasteiger partial charge in [-0.3, -0.25) is 0 Å². The second kappa shape index (κ2) is 9.54. The van der Waals surface area contributed by atoms with Crippen LogP contribution in [0.4, 0.5) is 13.2 Å². The van der Waals surface area contributed by atoms with E-state index in [0.717, 1.165) is 11.8 Å². The molecule has 0 saturated heterocycles. The van der Waals surface area contributed by atoms with Crippen LogP contribution in [0.5, 0.6) is 5.75 Å². The molecule has 0 atom stereocenters. The summed E-state index contributed by atoms with van der Waals surface area (Å²) in [7, 11) is 0. The van der Waals surface area contributed by atoms with Gasteiger partial charge in [0.15, 0.2) is 0 Å². The van der Waals surface area contributed by atoms with E-state index in [1.165, 1.54) is 24.3 Å². The summed E-state index contributed by atoms with van der Waals surface area (Å²) in [6.07, 6.45) is -3.78. The van der Waals surface area contributed by atoms with E-state index in [1.54, 1.807) is 12.1 Å². The van der Waals surface area contributed by atoms with Crippen molar-refractivity contribution < 1.29 is 27.8 Å². The van der Waals surface area contributed by atoms with Crippen LogP contribution in [0.15, 0.2) is 53.6 Å². The van der Waals surface area contributed by atoms with E-state index in [2.05, 4.69) is 23.4 Å². The summed E-state index contributed by atoms with van der Waals surface area (Å²) in [6.45, 7) is 1.87. The SMILES string of the molecule is Cc1ccc(-c2ccc(OC(F)(F)F)cc2)c(C#N)c1.N/C=C(\S)C(=O)O. The number of carbonyl (C=O) groups is 1. The molecular formula is C18H15F3N2O3S. The van der Waals surface area contributed by atoms with Crippen LogP contribution in [0.1, 0.15) is 11.1 Å². The second-order valence-corrected chi connectivity index (χ2v) is 5.57. The highest BCUT2D eigenvalue weighted by Gasteiger charge is 2.30. The van der Waals surface area contributed by atoms with Crippen LogP contribution in [0.3, 0.4) is 0 Å². The third kappa shape index (κ3) is 7.33. The lowest BCUT2D eigenvalue weighted by Crippen LogP contribution is -2.16. The molecule has 0 amide bonds. The number of nitrogens with zero attached hydrogens (tertiary/aromatic N) is 1. The molecular weight excluding hydrogens is 381 g/mol. The number of thiol groups is 1. The van der Waals surface area contributed by atoms with Crippen LogP contribution < -0.4 is 10.5 Å². The average molecular weight is 396 g/mol. The Bertz CT molecular complexity index is 873. The third-order valence-electron chi connectivity index (χ3n) is 3.07. The lowest BCUT2D eigenvalue weighted by Gasteiger charge is -2.10. The van der Waals surface area contributed by atoms with Gasteiger partial charge in [0, 0.05) is 6.20 Å². The fraction of sp³-hybridized carbons (Fsp3) is 0.111. The standard InChI is InChI=1S/C15H10F3NO.C3H5NO2S/c1-10-2-7-14(12(8-10)9-19)11-3-5-13(6-4-11)20-15(16,17)18;4-1-2(7)3(5)6/h2-8H,1H3;1,7H,4H2,(H,5,6)/b;2-1-. The summed E-state index contributed by atoms with van der Waals surface area (Å²) < 4.78 is 40.0. The number of ether oxygens (including phenoxy) is 1. The van der Waals surface area contributed by atoms with Gasteiger partial charge in [-0.25, -0.2) is 4.79 Å². The van der Waals surface area contributed by atoms with Gasteiger partial charge in [0.25, 0.3) is 0 Å². The molecule has 0 bridgehead atoms. The van der Waals surface area contributed by atoms with Crippen molar-refractivity contribution in [3.63, 3.8) is 0 Å². The summed E-state index contributed by atoms with van der Waals surface area (Å²) in [5.41, 5.74) is 7.52. The molecule has 0 aromatic heterocycles. The fourth-order valence-electron chi connectivity index (χ4n) is 1.91. The molecule has 3 N–H and O–H groups in total. The number of rotatable bonds is 3. The van der Waals surface area contributed by atoms with E-state index >= 15 is 0 Å². The number of hydrogen-bond acceptors (Lipinski definition) is 5. The number of carboxylic acids is 1. The predicted molar refractivity (Wildman–Crippen MR) is 96.9 cm³/mol. The number of benzene rings is 2. The highest BCUT2D eigenvalue weighted by atomic mass is 32.1. The molecule has 0 aliphatic carbocycles. The molecule has 0 fully saturated rings. The molecule has 0 aliphatic heterocycles. The van der Waals surface area contributed by atoms with Gasteiger partial charge < -0.3 is 15.6 Å².